The maximum Gasteiger partial charge on any atom is 0.260 e. The van der Waals surface area contributed by atoms with Crippen LogP contribution < -0.4 is 10.6 Å². The van der Waals surface area contributed by atoms with Crippen molar-refractivity contribution in [1.29, 1.82) is 0 Å². The van der Waals surface area contributed by atoms with Crippen LogP contribution in [0.25, 0.3) is 11.0 Å². The normalized spacial score (nSPS) is 13.3. The molecule has 184 valence electrons. The molecule has 2 aromatic heterocycles. The lowest BCUT2D eigenvalue weighted by Crippen LogP contribution is -2.30. The quantitative estimate of drug-likeness (QED) is 0.282. The van der Waals surface area contributed by atoms with E-state index in [9.17, 15) is 9.59 Å². The fraction of sp³-hybridized carbons (Fsp3) is 0.143. The van der Waals surface area contributed by atoms with Crippen molar-refractivity contribution in [2.75, 3.05) is 17.2 Å². The minimum Gasteiger partial charge on any atom is -0.331 e. The van der Waals surface area contributed by atoms with Crippen molar-refractivity contribution >= 4 is 34.7 Å². The number of aromatic amines is 2. The van der Waals surface area contributed by atoms with Gasteiger partial charge < -0.3 is 9.97 Å². The van der Waals surface area contributed by atoms with E-state index in [2.05, 4.69) is 59.7 Å². The van der Waals surface area contributed by atoms with Gasteiger partial charge in [-0.1, -0.05) is 42.5 Å². The van der Waals surface area contributed by atoms with Gasteiger partial charge in [-0.05, 0) is 47.4 Å². The molecule has 0 radical (unpaired) electrons. The highest BCUT2D eigenvalue weighted by Crippen LogP contribution is 2.23. The van der Waals surface area contributed by atoms with Gasteiger partial charge in [0, 0.05) is 37.6 Å². The average molecular weight is 492 g/mol. The molecule has 0 saturated carbocycles. The molecule has 9 heteroatoms. The number of para-hydroxylation sites is 1. The second-order valence-corrected chi connectivity index (χ2v) is 9.06. The number of imidazole rings is 2. The Morgan fingerprint density at radius 1 is 0.919 bits per heavy atom. The Kier molecular flexibility index (Phi) is 5.95. The van der Waals surface area contributed by atoms with Crippen LogP contribution in [0.2, 0.25) is 0 Å². The zero-order chi connectivity index (χ0) is 25.2. The molecule has 3 aromatic carbocycles. The van der Waals surface area contributed by atoms with Crippen LogP contribution in [0.3, 0.4) is 0 Å². The molecule has 0 saturated heterocycles. The van der Waals surface area contributed by atoms with Gasteiger partial charge in [-0.3, -0.25) is 25.1 Å². The van der Waals surface area contributed by atoms with Crippen LogP contribution in [0.1, 0.15) is 37.4 Å². The molecule has 6 rings (SSSR count). The lowest BCUT2D eigenvalue weighted by atomic mass is 9.96. The molecule has 0 bridgehead atoms. The zero-order valence-electron chi connectivity index (χ0n) is 20.0. The van der Waals surface area contributed by atoms with Crippen molar-refractivity contribution in [3.8, 4) is 0 Å². The summed E-state index contributed by atoms with van der Waals surface area (Å²) in [7, 11) is 0. The first-order valence-corrected chi connectivity index (χ1v) is 12.1. The number of nitrogens with zero attached hydrogens (tertiary/aromatic N) is 3. The summed E-state index contributed by atoms with van der Waals surface area (Å²) in [4.78, 5) is 42.6. The number of anilines is 2. The van der Waals surface area contributed by atoms with Crippen LogP contribution in [-0.2, 0) is 19.5 Å². The lowest BCUT2D eigenvalue weighted by Gasteiger charge is -2.29. The smallest absolute Gasteiger partial charge is 0.260 e. The van der Waals surface area contributed by atoms with Crippen molar-refractivity contribution in [2.45, 2.75) is 19.5 Å². The summed E-state index contributed by atoms with van der Waals surface area (Å²) in [6, 6.07) is 21.6. The Bertz CT molecular complexity index is 1580. The maximum atomic E-state index is 13.0. The molecule has 4 N–H and O–H groups in total. The van der Waals surface area contributed by atoms with Gasteiger partial charge in [0.1, 0.15) is 5.52 Å². The van der Waals surface area contributed by atoms with E-state index in [1.54, 1.807) is 24.5 Å². The molecule has 0 aliphatic carbocycles. The summed E-state index contributed by atoms with van der Waals surface area (Å²) < 4.78 is 0. The molecule has 3 heterocycles. The molecule has 9 nitrogen and oxygen atoms in total. The standard InChI is InChI=1S/C28H25N7O2/c36-25(20-9-10-21-17-35(14-11-19(21)15-20)16-18-5-2-1-3-6-18)33-28-31-23-8-4-7-22(24(23)32-28)26(37)34-27-29-12-13-30-27/h1-10,12-13,15H,11,14,16-17H2,(H2,29,30,34,37)(H2,31,32,33,36). The van der Waals surface area contributed by atoms with E-state index in [-0.39, 0.29) is 17.8 Å². The van der Waals surface area contributed by atoms with Gasteiger partial charge in [-0.25, -0.2) is 9.97 Å². The summed E-state index contributed by atoms with van der Waals surface area (Å²) in [6.07, 6.45) is 4.07. The topological polar surface area (TPSA) is 119 Å². The van der Waals surface area contributed by atoms with Gasteiger partial charge >= 0.3 is 0 Å². The van der Waals surface area contributed by atoms with E-state index in [1.165, 1.54) is 16.7 Å². The number of benzene rings is 3. The summed E-state index contributed by atoms with van der Waals surface area (Å²) in [5.41, 5.74) is 5.80. The first kappa shape index (κ1) is 22.7. The number of H-pyrrole nitrogens is 2. The van der Waals surface area contributed by atoms with Crippen LogP contribution >= 0.6 is 0 Å². The molecule has 0 unspecified atom stereocenters. The molecule has 0 spiro atoms. The number of hydrogen-bond acceptors (Lipinski definition) is 5. The summed E-state index contributed by atoms with van der Waals surface area (Å²) in [5.74, 6) is 0.0303. The molecular formula is C28H25N7O2. The molecule has 1 aliphatic heterocycles. The highest BCUT2D eigenvalue weighted by Gasteiger charge is 2.20. The number of hydrogen-bond donors (Lipinski definition) is 4. The van der Waals surface area contributed by atoms with Gasteiger partial charge in [0.25, 0.3) is 11.8 Å². The van der Waals surface area contributed by atoms with Gasteiger partial charge in [0.2, 0.25) is 11.9 Å². The number of amides is 2. The van der Waals surface area contributed by atoms with E-state index in [1.807, 2.05) is 30.3 Å². The molecule has 0 atom stereocenters. The van der Waals surface area contributed by atoms with Crippen molar-refractivity contribution in [3.05, 3.63) is 107 Å². The molecule has 1 aliphatic rings. The van der Waals surface area contributed by atoms with Gasteiger partial charge in [0.05, 0.1) is 11.1 Å². The van der Waals surface area contributed by atoms with Crippen LogP contribution in [0, 0.1) is 0 Å². The molecule has 37 heavy (non-hydrogen) atoms. The number of aromatic nitrogens is 4. The SMILES string of the molecule is O=C(Nc1nc2c(C(=O)Nc3ncc[nH]3)cccc2[nH]1)c1ccc2c(c1)CCN(Cc1ccccc1)C2. The van der Waals surface area contributed by atoms with E-state index in [4.69, 9.17) is 0 Å². The zero-order valence-corrected chi connectivity index (χ0v) is 20.0. The van der Waals surface area contributed by atoms with Crippen molar-refractivity contribution in [1.82, 2.24) is 24.8 Å². The maximum absolute atomic E-state index is 13.0. The van der Waals surface area contributed by atoms with Crippen molar-refractivity contribution in [2.24, 2.45) is 0 Å². The average Bonchev–Trinajstić information content (AvgIpc) is 3.58. The Labute approximate surface area is 213 Å². The number of rotatable bonds is 6. The Morgan fingerprint density at radius 3 is 2.62 bits per heavy atom. The molecule has 5 aromatic rings. The molecule has 0 fully saturated rings. The summed E-state index contributed by atoms with van der Waals surface area (Å²) >= 11 is 0. The minimum atomic E-state index is -0.346. The summed E-state index contributed by atoms with van der Waals surface area (Å²) in [6.45, 7) is 2.72. The van der Waals surface area contributed by atoms with Gasteiger partial charge in [0.15, 0.2) is 0 Å². The van der Waals surface area contributed by atoms with Crippen LogP contribution in [0.15, 0.2) is 79.1 Å². The minimum absolute atomic E-state index is 0.254. The van der Waals surface area contributed by atoms with Crippen LogP contribution in [-0.4, -0.2) is 43.2 Å². The third kappa shape index (κ3) is 4.85. The first-order valence-electron chi connectivity index (χ1n) is 12.1. The highest BCUT2D eigenvalue weighted by atomic mass is 16.2. The second-order valence-electron chi connectivity index (χ2n) is 9.06. The van der Waals surface area contributed by atoms with Crippen LogP contribution in [0.5, 0.6) is 0 Å². The Hall–Kier alpha value is -4.76. The molecule has 2 amide bonds. The fourth-order valence-electron chi connectivity index (χ4n) is 4.69. The third-order valence-electron chi connectivity index (χ3n) is 6.53. The largest absolute Gasteiger partial charge is 0.331 e. The number of fused-ring (bicyclic) bond motifs is 2. The lowest BCUT2D eigenvalue weighted by molar-refractivity contribution is 0.101. The first-order chi connectivity index (χ1) is 18.1. The number of nitrogens with one attached hydrogen (secondary N) is 4. The second kappa shape index (κ2) is 9.71. The highest BCUT2D eigenvalue weighted by molar-refractivity contribution is 6.11. The molecular weight excluding hydrogens is 466 g/mol. The van der Waals surface area contributed by atoms with E-state index >= 15 is 0 Å². The number of carbonyl (C=O) groups excluding carboxylic acids is 2. The monoisotopic (exact) mass is 491 g/mol. The van der Waals surface area contributed by atoms with E-state index < -0.39 is 0 Å². The van der Waals surface area contributed by atoms with E-state index in [0.29, 0.717) is 28.1 Å². The van der Waals surface area contributed by atoms with Gasteiger partial charge in [-0.2, -0.15) is 0 Å². The Balaban J connectivity index is 1.15. The van der Waals surface area contributed by atoms with E-state index in [0.717, 1.165) is 26.1 Å². The van der Waals surface area contributed by atoms with Gasteiger partial charge in [-0.15, -0.1) is 0 Å². The van der Waals surface area contributed by atoms with Crippen molar-refractivity contribution < 1.29 is 9.59 Å². The predicted molar refractivity (Wildman–Crippen MR) is 141 cm³/mol. The van der Waals surface area contributed by atoms with Crippen LogP contribution in [0.4, 0.5) is 11.9 Å². The van der Waals surface area contributed by atoms with Crippen molar-refractivity contribution in [3.63, 3.8) is 0 Å². The predicted octanol–water partition coefficient (Wildman–Crippen LogP) is 4.35. The third-order valence-corrected chi connectivity index (χ3v) is 6.53. The fourth-order valence-corrected chi connectivity index (χ4v) is 4.69. The Morgan fingerprint density at radius 2 is 1.78 bits per heavy atom. The number of carbonyl (C=O) groups is 2. The summed E-state index contributed by atoms with van der Waals surface area (Å²) in [5, 5.41) is 5.54.